The summed E-state index contributed by atoms with van der Waals surface area (Å²) in [4.78, 5) is 10.5. The lowest BCUT2D eigenvalue weighted by atomic mass is 10.0. The Labute approximate surface area is 115 Å². The lowest BCUT2D eigenvalue weighted by Crippen LogP contribution is -1.90. The molecule has 1 aromatic carbocycles. The number of unbranched alkanes of at least 4 members (excludes halogenated alkanes) is 2. The maximum Gasteiger partial charge on any atom is 0.307 e. The van der Waals surface area contributed by atoms with E-state index < -0.39 is 5.97 Å². The number of carboxylic acid groups (broad SMARTS) is 1. The fraction of sp³-hybridized carbons (Fsp3) is 0.353. The van der Waals surface area contributed by atoms with Crippen LogP contribution in [0.25, 0.3) is 12.2 Å². The molecule has 0 saturated heterocycles. The summed E-state index contributed by atoms with van der Waals surface area (Å²) in [5, 5.41) is 8.64. The molecule has 0 aliphatic carbocycles. The van der Waals surface area contributed by atoms with E-state index in [-0.39, 0.29) is 6.42 Å². The molecule has 0 radical (unpaired) electrons. The Morgan fingerprint density at radius 1 is 1.21 bits per heavy atom. The molecule has 0 spiro atoms. The van der Waals surface area contributed by atoms with Crippen molar-refractivity contribution in [2.45, 2.75) is 39.5 Å². The predicted molar refractivity (Wildman–Crippen MR) is 81.0 cm³/mol. The zero-order valence-electron chi connectivity index (χ0n) is 11.7. The van der Waals surface area contributed by atoms with Gasteiger partial charge in [-0.2, -0.15) is 0 Å². The minimum Gasteiger partial charge on any atom is -0.481 e. The van der Waals surface area contributed by atoms with Crippen LogP contribution < -0.4 is 0 Å². The molecular formula is C17H22O2. The predicted octanol–water partition coefficient (Wildman–Crippen LogP) is 4.69. The highest BCUT2D eigenvalue weighted by Gasteiger charge is 1.97. The van der Waals surface area contributed by atoms with Crippen molar-refractivity contribution >= 4 is 18.1 Å². The van der Waals surface area contributed by atoms with Gasteiger partial charge in [0.1, 0.15) is 0 Å². The van der Waals surface area contributed by atoms with E-state index >= 15 is 0 Å². The van der Waals surface area contributed by atoms with Crippen LogP contribution in [0.2, 0.25) is 0 Å². The van der Waals surface area contributed by atoms with Crippen molar-refractivity contribution in [1.82, 2.24) is 0 Å². The first-order valence-corrected chi connectivity index (χ1v) is 6.79. The number of aliphatic carboxylic acids is 1. The van der Waals surface area contributed by atoms with Gasteiger partial charge < -0.3 is 5.11 Å². The molecule has 0 aromatic heterocycles. The van der Waals surface area contributed by atoms with E-state index in [4.69, 9.17) is 5.11 Å². The van der Waals surface area contributed by atoms with Crippen LogP contribution in [0.3, 0.4) is 0 Å². The van der Waals surface area contributed by atoms with E-state index in [1.165, 1.54) is 18.4 Å². The van der Waals surface area contributed by atoms with Crippen molar-refractivity contribution in [1.29, 1.82) is 0 Å². The highest BCUT2D eigenvalue weighted by Crippen LogP contribution is 2.16. The van der Waals surface area contributed by atoms with Crippen molar-refractivity contribution in [3.63, 3.8) is 0 Å². The first kappa shape index (κ1) is 15.2. The minimum atomic E-state index is -0.802. The molecule has 1 N–H and O–H groups in total. The quantitative estimate of drug-likeness (QED) is 0.720. The highest BCUT2D eigenvalue weighted by molar-refractivity contribution is 5.72. The van der Waals surface area contributed by atoms with E-state index in [1.807, 2.05) is 18.2 Å². The summed E-state index contributed by atoms with van der Waals surface area (Å²) in [6.45, 7) is 4.24. The molecule has 2 heteroatoms. The molecule has 0 heterocycles. The molecular weight excluding hydrogens is 236 g/mol. The van der Waals surface area contributed by atoms with Gasteiger partial charge in [0.25, 0.3) is 0 Å². The number of aryl methyl sites for hydroxylation is 1. The van der Waals surface area contributed by atoms with Gasteiger partial charge in [0.05, 0.1) is 6.42 Å². The monoisotopic (exact) mass is 258 g/mol. The van der Waals surface area contributed by atoms with Crippen LogP contribution in [0.1, 0.15) is 49.3 Å². The molecule has 102 valence electrons. The molecule has 0 unspecified atom stereocenters. The molecule has 0 atom stereocenters. The van der Waals surface area contributed by atoms with Gasteiger partial charge in [-0.1, -0.05) is 67.8 Å². The van der Waals surface area contributed by atoms with Gasteiger partial charge in [0, 0.05) is 0 Å². The fourth-order valence-electron chi connectivity index (χ4n) is 1.81. The summed E-state index contributed by atoms with van der Waals surface area (Å²) in [7, 11) is 0. The van der Waals surface area contributed by atoms with Gasteiger partial charge in [-0.3, -0.25) is 4.79 Å². The maximum atomic E-state index is 10.5. The normalized spacial score (nSPS) is 11.5. The first-order chi connectivity index (χ1) is 9.13. The van der Waals surface area contributed by atoms with Crippen LogP contribution in [0.4, 0.5) is 0 Å². The van der Waals surface area contributed by atoms with Crippen LogP contribution >= 0.6 is 0 Å². The van der Waals surface area contributed by atoms with Gasteiger partial charge in [0.2, 0.25) is 0 Å². The number of carbonyl (C=O) groups is 1. The number of hydrogen-bond donors (Lipinski definition) is 1. The van der Waals surface area contributed by atoms with Gasteiger partial charge in [-0.25, -0.2) is 0 Å². The van der Waals surface area contributed by atoms with Crippen molar-refractivity contribution in [2.24, 2.45) is 0 Å². The Hall–Kier alpha value is -1.83. The van der Waals surface area contributed by atoms with Crippen LogP contribution in [0, 0.1) is 6.92 Å². The van der Waals surface area contributed by atoms with Crippen molar-refractivity contribution in [3.05, 3.63) is 47.0 Å². The summed E-state index contributed by atoms with van der Waals surface area (Å²) in [5.41, 5.74) is 3.43. The number of allylic oxidation sites excluding steroid dienone is 1. The van der Waals surface area contributed by atoms with Gasteiger partial charge in [-0.15, -0.1) is 0 Å². The molecule has 19 heavy (non-hydrogen) atoms. The van der Waals surface area contributed by atoms with Crippen molar-refractivity contribution < 1.29 is 9.90 Å². The number of carboxylic acids is 1. The van der Waals surface area contributed by atoms with Gasteiger partial charge in [-0.05, 0) is 24.5 Å². The van der Waals surface area contributed by atoms with Crippen LogP contribution in [-0.2, 0) is 4.79 Å². The highest BCUT2D eigenvalue weighted by atomic mass is 16.4. The van der Waals surface area contributed by atoms with Crippen LogP contribution in [0.5, 0.6) is 0 Å². The summed E-state index contributed by atoms with van der Waals surface area (Å²) < 4.78 is 0. The summed E-state index contributed by atoms with van der Waals surface area (Å²) in [6, 6.07) is 6.21. The smallest absolute Gasteiger partial charge is 0.307 e. The molecule has 0 amide bonds. The molecule has 1 rings (SSSR count). The molecule has 0 fully saturated rings. The van der Waals surface area contributed by atoms with E-state index in [9.17, 15) is 4.79 Å². The molecule has 0 bridgehead atoms. The largest absolute Gasteiger partial charge is 0.481 e. The lowest BCUT2D eigenvalue weighted by Gasteiger charge is -2.03. The standard InChI is InChI=1S/C17H22O2/c1-3-4-5-6-8-16-13-14(2)11-12-15(16)9-7-10-17(18)19/h6-9,11-13H,3-5,10H2,1-2H3,(H,18,19)/b8-6+,9-7+. The zero-order chi connectivity index (χ0) is 14.1. The van der Waals surface area contributed by atoms with Crippen LogP contribution in [-0.4, -0.2) is 11.1 Å². The van der Waals surface area contributed by atoms with Gasteiger partial charge >= 0.3 is 5.97 Å². The van der Waals surface area contributed by atoms with E-state index in [2.05, 4.69) is 32.1 Å². The Bertz CT molecular complexity index is 470. The molecule has 0 aliphatic rings. The first-order valence-electron chi connectivity index (χ1n) is 6.79. The SMILES string of the molecule is CCCC/C=C/c1cc(C)ccc1/C=C/CC(=O)O. The lowest BCUT2D eigenvalue weighted by molar-refractivity contribution is -0.135. The molecule has 0 aliphatic heterocycles. The second-order valence-electron chi connectivity index (χ2n) is 4.68. The Morgan fingerprint density at radius 3 is 2.63 bits per heavy atom. The third-order valence-electron chi connectivity index (χ3n) is 2.85. The second-order valence-corrected chi connectivity index (χ2v) is 4.68. The zero-order valence-corrected chi connectivity index (χ0v) is 11.7. The average Bonchev–Trinajstić information content (AvgIpc) is 2.36. The summed E-state index contributed by atoms with van der Waals surface area (Å²) in [5.74, 6) is -0.802. The maximum absolute atomic E-state index is 10.5. The molecule has 1 aromatic rings. The molecule has 2 nitrogen and oxygen atoms in total. The third kappa shape index (κ3) is 6.05. The van der Waals surface area contributed by atoms with E-state index in [1.54, 1.807) is 6.08 Å². The van der Waals surface area contributed by atoms with Crippen molar-refractivity contribution in [2.75, 3.05) is 0 Å². The third-order valence-corrected chi connectivity index (χ3v) is 2.85. The number of hydrogen-bond acceptors (Lipinski definition) is 1. The number of benzene rings is 1. The van der Waals surface area contributed by atoms with Crippen LogP contribution in [0.15, 0.2) is 30.4 Å². The fourth-order valence-corrected chi connectivity index (χ4v) is 1.81. The topological polar surface area (TPSA) is 37.3 Å². The molecule has 0 saturated carbocycles. The van der Waals surface area contributed by atoms with E-state index in [0.29, 0.717) is 0 Å². The van der Waals surface area contributed by atoms with E-state index in [0.717, 1.165) is 17.5 Å². The Balaban J connectivity index is 2.82. The minimum absolute atomic E-state index is 0.0624. The summed E-state index contributed by atoms with van der Waals surface area (Å²) >= 11 is 0. The Morgan fingerprint density at radius 2 is 1.95 bits per heavy atom. The number of rotatable bonds is 7. The van der Waals surface area contributed by atoms with Gasteiger partial charge in [0.15, 0.2) is 0 Å². The Kier molecular flexibility index (Phi) is 6.65. The van der Waals surface area contributed by atoms with Crippen molar-refractivity contribution in [3.8, 4) is 0 Å². The summed E-state index contributed by atoms with van der Waals surface area (Å²) in [6.07, 6.45) is 11.4. The average molecular weight is 258 g/mol. The second kappa shape index (κ2) is 8.30.